The predicted molar refractivity (Wildman–Crippen MR) is 80.9 cm³/mol. The van der Waals surface area contributed by atoms with Gasteiger partial charge in [-0.1, -0.05) is 15.9 Å². The Balaban J connectivity index is 2.07. The first-order valence-corrected chi connectivity index (χ1v) is 7.38. The number of ether oxygens (including phenoxy) is 1. The van der Waals surface area contributed by atoms with E-state index in [1.54, 1.807) is 30.6 Å². The van der Waals surface area contributed by atoms with Gasteiger partial charge in [0.05, 0.1) is 19.2 Å². The number of halogens is 1. The number of benzene rings is 1. The highest BCUT2D eigenvalue weighted by Gasteiger charge is 2.12. The normalized spacial score (nSPS) is 10.3. The number of nitrogens with one attached hydrogen (secondary N) is 1. The van der Waals surface area contributed by atoms with Crippen LogP contribution in [0.5, 0.6) is 5.75 Å². The molecule has 0 fully saturated rings. The van der Waals surface area contributed by atoms with Gasteiger partial charge in [0.2, 0.25) is 0 Å². The maximum absolute atomic E-state index is 12.1. The van der Waals surface area contributed by atoms with Gasteiger partial charge in [0.25, 0.3) is 5.91 Å². The molecule has 1 N–H and O–H groups in total. The lowest BCUT2D eigenvalue weighted by molar-refractivity contribution is 0.0948. The standard InChI is InChI=1S/C14H14BrNO2S/c1-9-3-5-11(19-9)8-16-14(17)12-6-4-10(15)7-13(12)18-2/h3-7H,8H2,1-2H3,(H,16,17). The molecule has 1 aromatic carbocycles. The SMILES string of the molecule is COc1cc(Br)ccc1C(=O)NCc1ccc(C)s1. The van der Waals surface area contributed by atoms with E-state index in [-0.39, 0.29) is 5.91 Å². The summed E-state index contributed by atoms with van der Waals surface area (Å²) < 4.78 is 6.10. The lowest BCUT2D eigenvalue weighted by Gasteiger charge is -2.09. The van der Waals surface area contributed by atoms with Crippen LogP contribution >= 0.6 is 27.3 Å². The fourth-order valence-corrected chi connectivity index (χ4v) is 2.87. The highest BCUT2D eigenvalue weighted by Crippen LogP contribution is 2.23. The maximum Gasteiger partial charge on any atom is 0.255 e. The minimum atomic E-state index is -0.129. The maximum atomic E-state index is 12.1. The fraction of sp³-hybridized carbons (Fsp3) is 0.214. The van der Waals surface area contributed by atoms with Crippen molar-refractivity contribution in [2.45, 2.75) is 13.5 Å². The molecule has 0 saturated carbocycles. The summed E-state index contributed by atoms with van der Waals surface area (Å²) in [5.41, 5.74) is 0.541. The zero-order valence-electron chi connectivity index (χ0n) is 10.7. The Hall–Kier alpha value is -1.33. The molecule has 0 unspecified atom stereocenters. The second kappa shape index (κ2) is 6.21. The number of aryl methyl sites for hydroxylation is 1. The van der Waals surface area contributed by atoms with Crippen LogP contribution in [0.15, 0.2) is 34.8 Å². The summed E-state index contributed by atoms with van der Waals surface area (Å²) in [4.78, 5) is 14.5. The van der Waals surface area contributed by atoms with Crippen LogP contribution in [0, 0.1) is 6.92 Å². The molecule has 2 rings (SSSR count). The minimum absolute atomic E-state index is 0.129. The lowest BCUT2D eigenvalue weighted by Crippen LogP contribution is -2.22. The van der Waals surface area contributed by atoms with Gasteiger partial charge in [0.15, 0.2) is 0 Å². The van der Waals surface area contributed by atoms with E-state index >= 15 is 0 Å². The van der Waals surface area contributed by atoms with Crippen molar-refractivity contribution in [3.63, 3.8) is 0 Å². The first-order chi connectivity index (χ1) is 9.10. The summed E-state index contributed by atoms with van der Waals surface area (Å²) in [6.45, 7) is 2.59. The molecule has 0 atom stereocenters. The number of amides is 1. The van der Waals surface area contributed by atoms with Gasteiger partial charge in [-0.15, -0.1) is 11.3 Å². The number of rotatable bonds is 4. The molecule has 0 aliphatic carbocycles. The van der Waals surface area contributed by atoms with Crippen molar-refractivity contribution in [2.75, 3.05) is 7.11 Å². The Morgan fingerprint density at radius 2 is 2.16 bits per heavy atom. The Labute approximate surface area is 124 Å². The van der Waals surface area contributed by atoms with Crippen molar-refractivity contribution >= 4 is 33.2 Å². The zero-order chi connectivity index (χ0) is 13.8. The van der Waals surface area contributed by atoms with Crippen LogP contribution in [0.4, 0.5) is 0 Å². The summed E-state index contributed by atoms with van der Waals surface area (Å²) in [6.07, 6.45) is 0. The van der Waals surface area contributed by atoms with E-state index in [1.165, 1.54) is 4.88 Å². The summed E-state index contributed by atoms with van der Waals surface area (Å²) in [7, 11) is 1.56. The van der Waals surface area contributed by atoms with Gasteiger partial charge in [-0.25, -0.2) is 0 Å². The van der Waals surface area contributed by atoms with Crippen molar-refractivity contribution in [2.24, 2.45) is 0 Å². The molecule has 1 aromatic heterocycles. The largest absolute Gasteiger partial charge is 0.496 e. The Morgan fingerprint density at radius 1 is 1.37 bits per heavy atom. The number of hydrogen-bond acceptors (Lipinski definition) is 3. The molecular weight excluding hydrogens is 326 g/mol. The van der Waals surface area contributed by atoms with Gasteiger partial charge in [-0.05, 0) is 37.3 Å². The van der Waals surface area contributed by atoms with Gasteiger partial charge in [-0.3, -0.25) is 4.79 Å². The van der Waals surface area contributed by atoms with Crippen molar-refractivity contribution in [1.29, 1.82) is 0 Å². The average molecular weight is 340 g/mol. The quantitative estimate of drug-likeness (QED) is 0.920. The van der Waals surface area contributed by atoms with Crippen molar-refractivity contribution in [3.8, 4) is 5.75 Å². The molecule has 0 aliphatic rings. The highest BCUT2D eigenvalue weighted by atomic mass is 79.9. The Morgan fingerprint density at radius 3 is 2.79 bits per heavy atom. The van der Waals surface area contributed by atoms with Crippen LogP contribution < -0.4 is 10.1 Å². The molecule has 0 aliphatic heterocycles. The minimum Gasteiger partial charge on any atom is -0.496 e. The van der Waals surface area contributed by atoms with E-state index in [0.717, 1.165) is 9.35 Å². The second-order valence-corrected chi connectivity index (χ2v) is 6.33. The topological polar surface area (TPSA) is 38.3 Å². The molecular formula is C14H14BrNO2S. The average Bonchev–Trinajstić information content (AvgIpc) is 2.81. The first kappa shape index (κ1) is 14.1. The summed E-state index contributed by atoms with van der Waals surface area (Å²) in [6, 6.07) is 9.43. The third-order valence-corrected chi connectivity index (χ3v) is 4.12. The van der Waals surface area contributed by atoms with E-state index in [9.17, 15) is 4.79 Å². The highest BCUT2D eigenvalue weighted by molar-refractivity contribution is 9.10. The molecule has 5 heteroatoms. The zero-order valence-corrected chi connectivity index (χ0v) is 13.1. The Kier molecular flexibility index (Phi) is 4.61. The van der Waals surface area contributed by atoms with Crippen molar-refractivity contribution in [1.82, 2.24) is 5.32 Å². The van der Waals surface area contributed by atoms with Crippen LogP contribution in [0.3, 0.4) is 0 Å². The van der Waals surface area contributed by atoms with Gasteiger partial charge >= 0.3 is 0 Å². The molecule has 19 heavy (non-hydrogen) atoms. The molecule has 1 amide bonds. The summed E-state index contributed by atoms with van der Waals surface area (Å²) in [5, 5.41) is 2.90. The van der Waals surface area contributed by atoms with E-state index in [4.69, 9.17) is 4.74 Å². The Bertz CT molecular complexity index is 595. The predicted octanol–water partition coefficient (Wildman–Crippen LogP) is 3.76. The van der Waals surface area contributed by atoms with Gasteiger partial charge in [-0.2, -0.15) is 0 Å². The third-order valence-electron chi connectivity index (χ3n) is 2.63. The van der Waals surface area contributed by atoms with E-state index < -0.39 is 0 Å². The molecule has 0 spiro atoms. The molecule has 1 heterocycles. The molecule has 0 saturated heterocycles. The van der Waals surface area contributed by atoms with E-state index in [0.29, 0.717) is 17.9 Å². The molecule has 100 valence electrons. The fourth-order valence-electron chi connectivity index (χ4n) is 1.70. The second-order valence-electron chi connectivity index (χ2n) is 4.04. The van der Waals surface area contributed by atoms with Crippen LogP contribution in [-0.4, -0.2) is 13.0 Å². The van der Waals surface area contributed by atoms with Crippen LogP contribution in [-0.2, 0) is 6.54 Å². The van der Waals surface area contributed by atoms with Crippen LogP contribution in [0.25, 0.3) is 0 Å². The number of thiophene rings is 1. The van der Waals surface area contributed by atoms with Crippen LogP contribution in [0.1, 0.15) is 20.1 Å². The van der Waals surface area contributed by atoms with Gasteiger partial charge in [0.1, 0.15) is 5.75 Å². The smallest absolute Gasteiger partial charge is 0.255 e. The lowest BCUT2D eigenvalue weighted by atomic mass is 10.2. The van der Waals surface area contributed by atoms with E-state index in [2.05, 4.69) is 21.2 Å². The number of methoxy groups -OCH3 is 1. The number of carbonyl (C=O) groups is 1. The van der Waals surface area contributed by atoms with Crippen LogP contribution in [0.2, 0.25) is 0 Å². The number of carbonyl (C=O) groups excluding carboxylic acids is 1. The third kappa shape index (κ3) is 3.58. The molecule has 0 radical (unpaired) electrons. The van der Waals surface area contributed by atoms with Gasteiger partial charge in [0, 0.05) is 14.2 Å². The molecule has 3 nitrogen and oxygen atoms in total. The summed E-state index contributed by atoms with van der Waals surface area (Å²) >= 11 is 5.04. The van der Waals surface area contributed by atoms with Crippen molar-refractivity contribution in [3.05, 3.63) is 50.1 Å². The first-order valence-electron chi connectivity index (χ1n) is 5.77. The monoisotopic (exact) mass is 339 g/mol. The molecule has 2 aromatic rings. The van der Waals surface area contributed by atoms with Gasteiger partial charge < -0.3 is 10.1 Å². The van der Waals surface area contributed by atoms with E-state index in [1.807, 2.05) is 25.1 Å². The number of hydrogen-bond donors (Lipinski definition) is 1. The molecule has 0 bridgehead atoms. The summed E-state index contributed by atoms with van der Waals surface area (Å²) in [5.74, 6) is 0.435. The van der Waals surface area contributed by atoms with Crippen molar-refractivity contribution < 1.29 is 9.53 Å².